The van der Waals surface area contributed by atoms with E-state index in [1.54, 1.807) is 38.1 Å². The normalized spacial score (nSPS) is 11.1. The first-order chi connectivity index (χ1) is 22.6. The third-order valence-electron chi connectivity index (χ3n) is 6.42. The second-order valence-corrected chi connectivity index (χ2v) is 10.6. The Labute approximate surface area is 273 Å². The van der Waals surface area contributed by atoms with Crippen molar-refractivity contribution in [2.24, 2.45) is 0 Å². The summed E-state index contributed by atoms with van der Waals surface area (Å²) in [5, 5.41) is 13.9. The molecule has 11 nitrogen and oxygen atoms in total. The summed E-state index contributed by atoms with van der Waals surface area (Å²) in [6.45, 7) is 6.17. The van der Waals surface area contributed by atoms with Gasteiger partial charge in [-0.15, -0.1) is 10.2 Å². The summed E-state index contributed by atoms with van der Waals surface area (Å²) < 4.78 is 64.5. The number of nitrogens with one attached hydrogen (secondary N) is 2. The Morgan fingerprint density at radius 3 is 2.15 bits per heavy atom. The van der Waals surface area contributed by atoms with E-state index in [1.807, 2.05) is 6.92 Å². The SMILES string of the molecule is CCOc1cc(C(=O)NCc2nnc(SCC(=O)Nc3ccc(OC)cc3)n2-c2cccc(C(F)(F)F)c2)cc(OCC)c1OCC. The molecule has 0 spiro atoms. The smallest absolute Gasteiger partial charge is 0.416 e. The molecule has 0 fully saturated rings. The van der Waals surface area contributed by atoms with Gasteiger partial charge in [0.05, 0.1) is 50.5 Å². The molecular weight excluding hydrogens is 639 g/mol. The van der Waals surface area contributed by atoms with Crippen LogP contribution in [0.15, 0.2) is 65.8 Å². The van der Waals surface area contributed by atoms with Gasteiger partial charge in [-0.25, -0.2) is 0 Å². The van der Waals surface area contributed by atoms with Gasteiger partial charge >= 0.3 is 6.18 Å². The largest absolute Gasteiger partial charge is 0.497 e. The molecule has 0 aliphatic carbocycles. The molecule has 3 aromatic carbocycles. The lowest BCUT2D eigenvalue weighted by Crippen LogP contribution is -2.25. The molecular formula is C32H34F3N5O6S. The quantitative estimate of drug-likeness (QED) is 0.143. The van der Waals surface area contributed by atoms with Gasteiger partial charge < -0.3 is 29.6 Å². The van der Waals surface area contributed by atoms with Gasteiger partial charge in [-0.3, -0.25) is 14.2 Å². The fourth-order valence-electron chi connectivity index (χ4n) is 4.37. The number of thioether (sulfide) groups is 1. The average molecular weight is 674 g/mol. The van der Waals surface area contributed by atoms with Gasteiger partial charge in [0, 0.05) is 11.3 Å². The number of carbonyl (C=O) groups is 2. The Balaban J connectivity index is 1.59. The van der Waals surface area contributed by atoms with E-state index in [2.05, 4.69) is 20.8 Å². The summed E-state index contributed by atoms with van der Waals surface area (Å²) in [6.07, 6.45) is -4.60. The average Bonchev–Trinajstić information content (AvgIpc) is 3.47. The second-order valence-electron chi connectivity index (χ2n) is 9.63. The van der Waals surface area contributed by atoms with Gasteiger partial charge in [0.2, 0.25) is 11.7 Å². The number of alkyl halides is 3. The zero-order valence-electron chi connectivity index (χ0n) is 26.1. The number of benzene rings is 3. The molecule has 0 aliphatic rings. The molecule has 0 unspecified atom stereocenters. The molecule has 0 bridgehead atoms. The minimum Gasteiger partial charge on any atom is -0.497 e. The Morgan fingerprint density at radius 2 is 1.55 bits per heavy atom. The third-order valence-corrected chi connectivity index (χ3v) is 7.35. The molecule has 1 aromatic heterocycles. The summed E-state index contributed by atoms with van der Waals surface area (Å²) in [7, 11) is 1.53. The number of anilines is 1. The number of hydrogen-bond donors (Lipinski definition) is 2. The highest BCUT2D eigenvalue weighted by molar-refractivity contribution is 7.99. The first-order valence-corrected chi connectivity index (χ1v) is 15.6. The lowest BCUT2D eigenvalue weighted by Gasteiger charge is -2.17. The van der Waals surface area contributed by atoms with Crippen molar-refractivity contribution >= 4 is 29.3 Å². The Morgan fingerprint density at radius 1 is 0.894 bits per heavy atom. The maximum atomic E-state index is 13.6. The number of carbonyl (C=O) groups excluding carboxylic acids is 2. The second kappa shape index (κ2) is 16.1. The number of halogens is 3. The highest BCUT2D eigenvalue weighted by atomic mass is 32.2. The molecule has 0 radical (unpaired) electrons. The lowest BCUT2D eigenvalue weighted by atomic mass is 10.1. The molecule has 4 aromatic rings. The van der Waals surface area contributed by atoms with Crippen LogP contribution in [0.1, 0.15) is 42.5 Å². The van der Waals surface area contributed by atoms with E-state index in [0.29, 0.717) is 48.5 Å². The molecule has 4 rings (SSSR count). The maximum Gasteiger partial charge on any atom is 0.416 e. The molecule has 15 heteroatoms. The molecule has 250 valence electrons. The van der Waals surface area contributed by atoms with Crippen LogP contribution < -0.4 is 29.6 Å². The van der Waals surface area contributed by atoms with E-state index in [0.717, 1.165) is 23.9 Å². The summed E-state index contributed by atoms with van der Waals surface area (Å²) in [4.78, 5) is 26.0. The van der Waals surface area contributed by atoms with Crippen LogP contribution in [0, 0.1) is 0 Å². The van der Waals surface area contributed by atoms with Crippen molar-refractivity contribution in [2.75, 3.05) is 38.0 Å². The summed E-state index contributed by atoms with van der Waals surface area (Å²) in [6, 6.07) is 14.4. The van der Waals surface area contributed by atoms with Gasteiger partial charge in [-0.05, 0) is 75.4 Å². The lowest BCUT2D eigenvalue weighted by molar-refractivity contribution is -0.137. The van der Waals surface area contributed by atoms with E-state index < -0.39 is 17.6 Å². The first kappa shape index (κ1) is 34.9. The van der Waals surface area contributed by atoms with E-state index in [1.165, 1.54) is 35.9 Å². The van der Waals surface area contributed by atoms with Crippen molar-refractivity contribution in [1.29, 1.82) is 0 Å². The van der Waals surface area contributed by atoms with Crippen molar-refractivity contribution in [3.05, 3.63) is 77.6 Å². The standard InChI is InChI=1S/C32H34F3N5O6S/c1-5-44-25-15-20(16-26(45-6-2)29(25)46-7-3)30(42)36-18-27-38-39-31(40(27)23-10-8-9-21(17-23)32(33,34)35)47-19-28(41)37-22-11-13-24(43-4)14-12-22/h8-17H,5-7,18-19H2,1-4H3,(H,36,42)(H,37,41). The fraction of sp³-hybridized carbons (Fsp3) is 0.312. The number of amides is 2. The predicted octanol–water partition coefficient (Wildman–Crippen LogP) is 6.15. The number of nitrogens with zero attached hydrogens (tertiary/aromatic N) is 3. The zero-order chi connectivity index (χ0) is 34.0. The number of hydrogen-bond acceptors (Lipinski definition) is 9. The molecule has 1 heterocycles. The fourth-order valence-corrected chi connectivity index (χ4v) is 5.14. The molecule has 2 N–H and O–H groups in total. The summed E-state index contributed by atoms with van der Waals surface area (Å²) in [5.74, 6) is 0.751. The molecule has 47 heavy (non-hydrogen) atoms. The minimum absolute atomic E-state index is 0.102. The van der Waals surface area contributed by atoms with Crippen molar-refractivity contribution in [1.82, 2.24) is 20.1 Å². The van der Waals surface area contributed by atoms with E-state index >= 15 is 0 Å². The van der Waals surface area contributed by atoms with Crippen molar-refractivity contribution in [2.45, 2.75) is 38.6 Å². The summed E-state index contributed by atoms with van der Waals surface area (Å²) >= 11 is 0.974. The van der Waals surface area contributed by atoms with Crippen LogP contribution in [-0.4, -0.2) is 59.3 Å². The highest BCUT2D eigenvalue weighted by Gasteiger charge is 2.31. The van der Waals surface area contributed by atoms with Crippen molar-refractivity contribution < 1.29 is 41.7 Å². The van der Waals surface area contributed by atoms with Crippen molar-refractivity contribution in [3.8, 4) is 28.7 Å². The van der Waals surface area contributed by atoms with Crippen LogP contribution in [0.25, 0.3) is 5.69 Å². The first-order valence-electron chi connectivity index (χ1n) is 14.6. The van der Waals surface area contributed by atoms with Crippen LogP contribution in [0.4, 0.5) is 18.9 Å². The van der Waals surface area contributed by atoms with Gasteiger partial charge in [-0.1, -0.05) is 17.8 Å². The van der Waals surface area contributed by atoms with Gasteiger partial charge in [0.15, 0.2) is 22.5 Å². The number of methoxy groups -OCH3 is 1. The predicted molar refractivity (Wildman–Crippen MR) is 170 cm³/mol. The van der Waals surface area contributed by atoms with Crippen LogP contribution in [-0.2, 0) is 17.5 Å². The zero-order valence-corrected chi connectivity index (χ0v) is 27.0. The maximum absolute atomic E-state index is 13.6. The molecule has 0 aliphatic heterocycles. The minimum atomic E-state index is -4.60. The van der Waals surface area contributed by atoms with E-state index in [9.17, 15) is 22.8 Å². The Kier molecular flexibility index (Phi) is 11.9. The Bertz CT molecular complexity index is 1650. The van der Waals surface area contributed by atoms with Crippen LogP contribution in [0.3, 0.4) is 0 Å². The monoisotopic (exact) mass is 673 g/mol. The van der Waals surface area contributed by atoms with Crippen LogP contribution in [0.2, 0.25) is 0 Å². The van der Waals surface area contributed by atoms with Gasteiger partial charge in [0.25, 0.3) is 5.91 Å². The van der Waals surface area contributed by atoms with Gasteiger partial charge in [0.1, 0.15) is 5.75 Å². The van der Waals surface area contributed by atoms with Crippen LogP contribution in [0.5, 0.6) is 23.0 Å². The highest BCUT2D eigenvalue weighted by Crippen LogP contribution is 2.39. The summed E-state index contributed by atoms with van der Waals surface area (Å²) in [5.41, 5.74) is -0.0395. The Hall–Kier alpha value is -4.92. The number of aromatic nitrogens is 3. The number of ether oxygens (including phenoxy) is 4. The van der Waals surface area contributed by atoms with Crippen LogP contribution >= 0.6 is 11.8 Å². The van der Waals surface area contributed by atoms with Gasteiger partial charge in [-0.2, -0.15) is 13.2 Å². The third kappa shape index (κ3) is 9.09. The number of rotatable bonds is 15. The molecule has 0 saturated carbocycles. The molecule has 0 atom stereocenters. The van der Waals surface area contributed by atoms with E-state index in [-0.39, 0.29) is 40.4 Å². The topological polar surface area (TPSA) is 126 Å². The van der Waals surface area contributed by atoms with Crippen molar-refractivity contribution in [3.63, 3.8) is 0 Å². The van der Waals surface area contributed by atoms with E-state index in [4.69, 9.17) is 18.9 Å². The molecule has 0 saturated heterocycles. The molecule has 2 amide bonds.